The lowest BCUT2D eigenvalue weighted by atomic mass is 10.2. The zero-order chi connectivity index (χ0) is 22.9. The molecule has 4 heterocycles. The standard InChI is InChI=1S/C24H29N5O4/c1-16-14-19(17(2)29(16)18-7-8-20-21(15-18)33-13-12-32-20)23(30)25-9-5-11-28-24(31)27-10-4-3-6-22(27)26-28/h7-8,14-15H,3-6,9-13H2,1-2H3,(H,25,30). The largest absolute Gasteiger partial charge is 0.486 e. The molecule has 9 heteroatoms. The predicted molar refractivity (Wildman–Crippen MR) is 123 cm³/mol. The van der Waals surface area contributed by atoms with Gasteiger partial charge >= 0.3 is 5.69 Å². The van der Waals surface area contributed by atoms with E-state index in [1.807, 2.05) is 42.7 Å². The third-order valence-corrected chi connectivity index (χ3v) is 6.32. The molecule has 5 rings (SSSR count). The zero-order valence-corrected chi connectivity index (χ0v) is 19.1. The topological polar surface area (TPSA) is 92.3 Å². The highest BCUT2D eigenvalue weighted by atomic mass is 16.6. The second kappa shape index (κ2) is 8.80. The molecule has 33 heavy (non-hydrogen) atoms. The molecule has 1 N–H and O–H groups in total. The van der Waals surface area contributed by atoms with Crippen LogP contribution in [0.25, 0.3) is 5.69 Å². The van der Waals surface area contributed by atoms with Crippen LogP contribution in [0.4, 0.5) is 0 Å². The Morgan fingerprint density at radius 2 is 1.94 bits per heavy atom. The van der Waals surface area contributed by atoms with E-state index in [1.54, 1.807) is 4.57 Å². The number of rotatable bonds is 6. The SMILES string of the molecule is Cc1cc(C(=O)NCCCn2nc3n(c2=O)CCCC3)c(C)n1-c1ccc2c(c1)OCCO2. The summed E-state index contributed by atoms with van der Waals surface area (Å²) in [6, 6.07) is 7.71. The molecule has 0 atom stereocenters. The Labute approximate surface area is 191 Å². The van der Waals surface area contributed by atoms with Crippen molar-refractivity contribution >= 4 is 5.91 Å². The van der Waals surface area contributed by atoms with Crippen molar-refractivity contribution in [1.82, 2.24) is 24.2 Å². The van der Waals surface area contributed by atoms with E-state index < -0.39 is 0 Å². The first-order valence-corrected chi connectivity index (χ1v) is 11.6. The van der Waals surface area contributed by atoms with E-state index in [2.05, 4.69) is 10.4 Å². The van der Waals surface area contributed by atoms with Gasteiger partial charge in [-0.25, -0.2) is 9.48 Å². The molecule has 2 aromatic heterocycles. The highest BCUT2D eigenvalue weighted by Crippen LogP contribution is 2.33. The molecule has 9 nitrogen and oxygen atoms in total. The number of hydrogen-bond donors (Lipinski definition) is 1. The average Bonchev–Trinajstić information content (AvgIpc) is 3.31. The molecule has 1 amide bonds. The fraction of sp³-hybridized carbons (Fsp3) is 0.458. The number of aromatic nitrogens is 4. The predicted octanol–water partition coefficient (Wildman–Crippen LogP) is 2.38. The van der Waals surface area contributed by atoms with Crippen LogP contribution < -0.4 is 20.5 Å². The van der Waals surface area contributed by atoms with Crippen LogP contribution in [0.5, 0.6) is 11.5 Å². The van der Waals surface area contributed by atoms with E-state index >= 15 is 0 Å². The van der Waals surface area contributed by atoms with Gasteiger partial charge in [-0.1, -0.05) is 0 Å². The lowest BCUT2D eigenvalue weighted by molar-refractivity contribution is 0.0952. The van der Waals surface area contributed by atoms with Crippen LogP contribution in [0.1, 0.15) is 46.8 Å². The van der Waals surface area contributed by atoms with Crippen molar-refractivity contribution in [2.45, 2.75) is 52.6 Å². The molecule has 0 saturated heterocycles. The van der Waals surface area contributed by atoms with E-state index in [-0.39, 0.29) is 11.6 Å². The molecule has 0 aliphatic carbocycles. The number of aryl methyl sites for hydroxylation is 3. The van der Waals surface area contributed by atoms with E-state index in [0.29, 0.717) is 44.0 Å². The van der Waals surface area contributed by atoms with E-state index in [9.17, 15) is 9.59 Å². The first kappa shape index (κ1) is 21.4. The summed E-state index contributed by atoms with van der Waals surface area (Å²) in [5.41, 5.74) is 3.34. The van der Waals surface area contributed by atoms with Gasteiger partial charge in [0.25, 0.3) is 5.91 Å². The molecule has 0 fully saturated rings. The summed E-state index contributed by atoms with van der Waals surface area (Å²) in [6.45, 7) is 6.72. The second-order valence-corrected chi connectivity index (χ2v) is 8.59. The Balaban J connectivity index is 1.24. The van der Waals surface area contributed by atoms with Crippen molar-refractivity contribution in [2.75, 3.05) is 19.8 Å². The van der Waals surface area contributed by atoms with Gasteiger partial charge in [-0.2, -0.15) is 5.10 Å². The van der Waals surface area contributed by atoms with Gasteiger partial charge in [-0.05, 0) is 51.3 Å². The van der Waals surface area contributed by atoms with Crippen molar-refractivity contribution in [3.05, 3.63) is 57.5 Å². The van der Waals surface area contributed by atoms with Crippen molar-refractivity contribution in [3.63, 3.8) is 0 Å². The smallest absolute Gasteiger partial charge is 0.345 e. The number of nitrogens with one attached hydrogen (secondary N) is 1. The summed E-state index contributed by atoms with van der Waals surface area (Å²) < 4.78 is 16.7. The number of nitrogens with zero attached hydrogens (tertiary/aromatic N) is 4. The van der Waals surface area contributed by atoms with Crippen molar-refractivity contribution in [3.8, 4) is 17.2 Å². The fourth-order valence-electron chi connectivity index (χ4n) is 4.68. The van der Waals surface area contributed by atoms with Gasteiger partial charge in [0.15, 0.2) is 11.5 Å². The van der Waals surface area contributed by atoms with Crippen LogP contribution in [0, 0.1) is 13.8 Å². The number of amides is 1. The van der Waals surface area contributed by atoms with E-state index in [1.165, 1.54) is 4.68 Å². The van der Waals surface area contributed by atoms with Crippen LogP contribution in [0.3, 0.4) is 0 Å². The van der Waals surface area contributed by atoms with Gasteiger partial charge in [0.1, 0.15) is 19.0 Å². The molecule has 174 valence electrons. The highest BCUT2D eigenvalue weighted by Gasteiger charge is 2.19. The minimum absolute atomic E-state index is 0.0426. The summed E-state index contributed by atoms with van der Waals surface area (Å²) >= 11 is 0. The molecule has 0 bridgehead atoms. The first-order valence-electron chi connectivity index (χ1n) is 11.6. The molecule has 3 aromatic rings. The van der Waals surface area contributed by atoms with Crippen molar-refractivity contribution in [1.29, 1.82) is 0 Å². The van der Waals surface area contributed by atoms with Gasteiger partial charge in [0, 0.05) is 49.2 Å². The summed E-state index contributed by atoms with van der Waals surface area (Å²) in [6.07, 6.45) is 3.61. The first-order chi connectivity index (χ1) is 16.0. The number of fused-ring (bicyclic) bond motifs is 2. The zero-order valence-electron chi connectivity index (χ0n) is 19.1. The van der Waals surface area contributed by atoms with Crippen LogP contribution >= 0.6 is 0 Å². The summed E-state index contributed by atoms with van der Waals surface area (Å²) in [7, 11) is 0. The molecular weight excluding hydrogens is 422 g/mol. The third-order valence-electron chi connectivity index (χ3n) is 6.32. The Morgan fingerprint density at radius 1 is 1.12 bits per heavy atom. The maximum atomic E-state index is 12.9. The monoisotopic (exact) mass is 451 g/mol. The molecule has 0 saturated carbocycles. The lowest BCUT2D eigenvalue weighted by Gasteiger charge is -2.20. The van der Waals surface area contributed by atoms with Crippen molar-refractivity contribution in [2.24, 2.45) is 0 Å². The number of hydrogen-bond acceptors (Lipinski definition) is 5. The molecule has 0 radical (unpaired) electrons. The quantitative estimate of drug-likeness (QED) is 0.581. The van der Waals surface area contributed by atoms with Crippen LogP contribution in [-0.2, 0) is 19.5 Å². The third kappa shape index (κ3) is 4.03. The minimum atomic E-state index is -0.122. The summed E-state index contributed by atoms with van der Waals surface area (Å²) in [5.74, 6) is 2.21. The van der Waals surface area contributed by atoms with Gasteiger partial charge in [0.05, 0.1) is 5.56 Å². The Kier molecular flexibility index (Phi) is 5.70. The summed E-state index contributed by atoms with van der Waals surface area (Å²) in [5, 5.41) is 7.44. The molecule has 2 aliphatic rings. The van der Waals surface area contributed by atoms with Crippen LogP contribution in [-0.4, -0.2) is 44.6 Å². The van der Waals surface area contributed by atoms with E-state index in [4.69, 9.17) is 9.47 Å². The van der Waals surface area contributed by atoms with Crippen LogP contribution in [0.2, 0.25) is 0 Å². The molecule has 0 unspecified atom stereocenters. The lowest BCUT2D eigenvalue weighted by Crippen LogP contribution is -2.29. The van der Waals surface area contributed by atoms with Gasteiger partial charge in [-0.3, -0.25) is 9.36 Å². The molecular formula is C24H29N5O4. The van der Waals surface area contributed by atoms with Gasteiger partial charge in [0.2, 0.25) is 0 Å². The molecule has 2 aliphatic heterocycles. The molecule has 0 spiro atoms. The summed E-state index contributed by atoms with van der Waals surface area (Å²) in [4.78, 5) is 25.3. The fourth-order valence-corrected chi connectivity index (χ4v) is 4.68. The maximum absolute atomic E-state index is 12.9. The van der Waals surface area contributed by atoms with Gasteiger partial charge in [-0.15, -0.1) is 0 Å². The number of benzene rings is 1. The number of carbonyl (C=O) groups is 1. The normalized spacial score (nSPS) is 14.7. The Hall–Kier alpha value is -3.49. The average molecular weight is 452 g/mol. The number of carbonyl (C=O) groups excluding carboxylic acids is 1. The van der Waals surface area contributed by atoms with Gasteiger partial charge < -0.3 is 19.4 Å². The second-order valence-electron chi connectivity index (χ2n) is 8.59. The van der Waals surface area contributed by atoms with E-state index in [0.717, 1.165) is 54.5 Å². The molecule has 1 aromatic carbocycles. The Morgan fingerprint density at radius 3 is 2.76 bits per heavy atom. The van der Waals surface area contributed by atoms with Crippen LogP contribution in [0.15, 0.2) is 29.1 Å². The maximum Gasteiger partial charge on any atom is 0.345 e. The highest BCUT2D eigenvalue weighted by molar-refractivity contribution is 5.95. The Bertz CT molecular complexity index is 1250. The van der Waals surface area contributed by atoms with Crippen molar-refractivity contribution < 1.29 is 14.3 Å². The minimum Gasteiger partial charge on any atom is -0.486 e. The number of ether oxygens (including phenoxy) is 2.